The van der Waals surface area contributed by atoms with Crippen LogP contribution >= 0.6 is 23.1 Å². The van der Waals surface area contributed by atoms with Crippen LogP contribution in [0.15, 0.2) is 22.4 Å². The highest BCUT2D eigenvalue weighted by Crippen LogP contribution is 2.13. The van der Waals surface area contributed by atoms with Crippen LogP contribution in [-0.2, 0) is 15.3 Å². The highest BCUT2D eigenvalue weighted by atomic mass is 32.2. The van der Waals surface area contributed by atoms with Crippen LogP contribution in [0.3, 0.4) is 0 Å². The number of rotatable bonds is 6. The zero-order valence-electron chi connectivity index (χ0n) is 11.1. The second-order valence-corrected chi connectivity index (χ2v) is 6.15. The third kappa shape index (κ3) is 4.05. The molecule has 7 nitrogen and oxygen atoms in total. The molecule has 2 aromatic heterocycles. The summed E-state index contributed by atoms with van der Waals surface area (Å²) < 4.78 is 1.45. The van der Waals surface area contributed by atoms with E-state index in [9.17, 15) is 14.4 Å². The summed E-state index contributed by atoms with van der Waals surface area (Å²) in [7, 11) is 0. The molecule has 0 fully saturated rings. The van der Waals surface area contributed by atoms with Crippen LogP contribution in [0.25, 0.3) is 4.96 Å². The van der Waals surface area contributed by atoms with Crippen molar-refractivity contribution in [1.29, 1.82) is 0 Å². The molecule has 0 saturated carbocycles. The number of aromatic nitrogens is 2. The molecule has 0 bridgehead atoms. The van der Waals surface area contributed by atoms with E-state index in [1.54, 1.807) is 11.6 Å². The van der Waals surface area contributed by atoms with Gasteiger partial charge in [0.1, 0.15) is 6.04 Å². The number of carbonyl (C=O) groups excluding carboxylic acids is 1. The maximum absolute atomic E-state index is 11.8. The predicted octanol–water partition coefficient (Wildman–Crippen LogP) is 0.578. The minimum absolute atomic E-state index is 0.159. The standard InChI is InChI=1S/C12H13N3O4S2/c1-7(16)13-9(11(18)19)6-20-5-8-4-10(17)15-2-3-21-12(15)14-8/h2-4,9H,5-6H2,1H3,(H,13,16)(H,18,19)/t9-/m0/s1. The Kier molecular flexibility index (Phi) is 4.97. The molecule has 2 heterocycles. The number of nitrogens with one attached hydrogen (secondary N) is 1. The van der Waals surface area contributed by atoms with Crippen LogP contribution in [0, 0.1) is 0 Å². The van der Waals surface area contributed by atoms with Crippen molar-refractivity contribution >= 4 is 39.9 Å². The fraction of sp³-hybridized carbons (Fsp3) is 0.333. The molecule has 0 aliphatic rings. The monoisotopic (exact) mass is 327 g/mol. The Hall–Kier alpha value is -1.87. The molecule has 0 saturated heterocycles. The van der Waals surface area contributed by atoms with Gasteiger partial charge in [-0.05, 0) is 0 Å². The highest BCUT2D eigenvalue weighted by Gasteiger charge is 2.18. The number of carboxylic acids is 1. The minimum atomic E-state index is -1.08. The van der Waals surface area contributed by atoms with E-state index in [1.807, 2.05) is 0 Å². The maximum Gasteiger partial charge on any atom is 0.327 e. The average Bonchev–Trinajstić information content (AvgIpc) is 2.85. The molecule has 0 aliphatic heterocycles. The zero-order chi connectivity index (χ0) is 15.4. The summed E-state index contributed by atoms with van der Waals surface area (Å²) in [6, 6.07) is 0.486. The zero-order valence-corrected chi connectivity index (χ0v) is 12.7. The molecule has 9 heteroatoms. The first kappa shape index (κ1) is 15.5. The topological polar surface area (TPSA) is 101 Å². The number of hydrogen-bond donors (Lipinski definition) is 2. The Morgan fingerprint density at radius 1 is 1.57 bits per heavy atom. The number of aliphatic carboxylic acids is 1. The molecule has 0 unspecified atom stereocenters. The quantitative estimate of drug-likeness (QED) is 0.805. The average molecular weight is 327 g/mol. The first-order chi connectivity index (χ1) is 9.97. The van der Waals surface area contributed by atoms with E-state index in [4.69, 9.17) is 5.11 Å². The van der Waals surface area contributed by atoms with Crippen molar-refractivity contribution in [1.82, 2.24) is 14.7 Å². The van der Waals surface area contributed by atoms with Gasteiger partial charge >= 0.3 is 5.97 Å². The van der Waals surface area contributed by atoms with Gasteiger partial charge in [-0.3, -0.25) is 14.0 Å². The van der Waals surface area contributed by atoms with E-state index in [0.29, 0.717) is 16.4 Å². The van der Waals surface area contributed by atoms with Crippen LogP contribution in [0.4, 0.5) is 0 Å². The second-order valence-electron chi connectivity index (χ2n) is 4.25. The second kappa shape index (κ2) is 6.72. The fourth-order valence-corrected chi connectivity index (χ4v) is 3.34. The lowest BCUT2D eigenvalue weighted by Gasteiger charge is -2.12. The molecule has 21 heavy (non-hydrogen) atoms. The molecule has 1 amide bonds. The van der Waals surface area contributed by atoms with Crippen molar-refractivity contribution in [3.05, 3.63) is 33.7 Å². The van der Waals surface area contributed by atoms with Crippen molar-refractivity contribution in [3.8, 4) is 0 Å². The van der Waals surface area contributed by atoms with Crippen molar-refractivity contribution < 1.29 is 14.7 Å². The maximum atomic E-state index is 11.8. The lowest BCUT2D eigenvalue weighted by atomic mass is 10.3. The summed E-state index contributed by atoms with van der Waals surface area (Å²) in [5, 5.41) is 13.1. The van der Waals surface area contributed by atoms with Gasteiger partial charge < -0.3 is 10.4 Å². The van der Waals surface area contributed by atoms with E-state index < -0.39 is 12.0 Å². The van der Waals surface area contributed by atoms with Crippen LogP contribution in [0.2, 0.25) is 0 Å². The van der Waals surface area contributed by atoms with Gasteiger partial charge in [0.2, 0.25) is 5.91 Å². The summed E-state index contributed by atoms with van der Waals surface area (Å²) in [6.07, 6.45) is 1.66. The molecule has 0 aromatic carbocycles. The van der Waals surface area contributed by atoms with Gasteiger partial charge in [-0.1, -0.05) is 0 Å². The first-order valence-corrected chi connectivity index (χ1v) is 8.04. The number of nitrogens with zero attached hydrogens (tertiary/aromatic N) is 2. The van der Waals surface area contributed by atoms with Crippen molar-refractivity contribution in [2.24, 2.45) is 0 Å². The number of thioether (sulfide) groups is 1. The Labute approximate surface area is 128 Å². The molecule has 1 atom stereocenters. The first-order valence-electron chi connectivity index (χ1n) is 6.01. The Balaban J connectivity index is 1.99. The van der Waals surface area contributed by atoms with Gasteiger partial charge in [0.05, 0.1) is 5.69 Å². The summed E-state index contributed by atoms with van der Waals surface area (Å²) in [4.78, 5) is 38.6. The largest absolute Gasteiger partial charge is 0.480 e. The van der Waals surface area contributed by atoms with Crippen molar-refractivity contribution in [3.63, 3.8) is 0 Å². The molecule has 2 rings (SSSR count). The number of amides is 1. The third-order valence-corrected chi connectivity index (χ3v) is 4.39. The van der Waals surface area contributed by atoms with E-state index in [2.05, 4.69) is 10.3 Å². The number of carboxylic acid groups (broad SMARTS) is 1. The Morgan fingerprint density at radius 3 is 3.00 bits per heavy atom. The van der Waals surface area contributed by atoms with E-state index in [0.717, 1.165) is 0 Å². The predicted molar refractivity (Wildman–Crippen MR) is 80.7 cm³/mol. The SMILES string of the molecule is CC(=O)N[C@@H](CSCc1cc(=O)n2ccsc2n1)C(=O)O. The lowest BCUT2D eigenvalue weighted by molar-refractivity contribution is -0.140. The highest BCUT2D eigenvalue weighted by molar-refractivity contribution is 7.98. The molecule has 0 aliphatic carbocycles. The van der Waals surface area contributed by atoms with Crippen LogP contribution in [-0.4, -0.2) is 38.2 Å². The lowest BCUT2D eigenvalue weighted by Crippen LogP contribution is -2.41. The number of thiazole rings is 1. The van der Waals surface area contributed by atoms with Crippen LogP contribution < -0.4 is 10.9 Å². The summed E-state index contributed by atoms with van der Waals surface area (Å²) in [5.74, 6) is -0.855. The van der Waals surface area contributed by atoms with Gasteiger partial charge in [-0.25, -0.2) is 9.78 Å². The van der Waals surface area contributed by atoms with Gasteiger partial charge in [0.25, 0.3) is 5.56 Å². The molecule has 112 valence electrons. The van der Waals surface area contributed by atoms with Crippen LogP contribution in [0.5, 0.6) is 0 Å². The van der Waals surface area contributed by atoms with E-state index in [-0.39, 0.29) is 17.2 Å². The molecule has 0 radical (unpaired) electrons. The summed E-state index contributed by atoms with van der Waals surface area (Å²) in [5.41, 5.74) is 0.438. The fourth-order valence-electron chi connectivity index (χ4n) is 1.66. The summed E-state index contributed by atoms with van der Waals surface area (Å²) >= 11 is 2.66. The van der Waals surface area contributed by atoms with E-state index in [1.165, 1.54) is 40.5 Å². The number of carbonyl (C=O) groups is 2. The van der Waals surface area contributed by atoms with Crippen LogP contribution in [0.1, 0.15) is 12.6 Å². The molecule has 0 spiro atoms. The molecule has 2 aromatic rings. The van der Waals surface area contributed by atoms with Crippen molar-refractivity contribution in [2.75, 3.05) is 5.75 Å². The van der Waals surface area contributed by atoms with E-state index >= 15 is 0 Å². The Bertz CT molecular complexity index is 725. The number of hydrogen-bond acceptors (Lipinski definition) is 6. The number of fused-ring (bicyclic) bond motifs is 1. The van der Waals surface area contributed by atoms with Gasteiger partial charge in [-0.15, -0.1) is 11.3 Å². The third-order valence-electron chi connectivity index (χ3n) is 2.57. The smallest absolute Gasteiger partial charge is 0.327 e. The van der Waals surface area contributed by atoms with Gasteiger partial charge in [0.15, 0.2) is 4.96 Å². The Morgan fingerprint density at radius 2 is 2.33 bits per heavy atom. The van der Waals surface area contributed by atoms with Gasteiger partial charge in [0, 0.05) is 36.1 Å². The molecular formula is C12H13N3O4S2. The van der Waals surface area contributed by atoms with Gasteiger partial charge in [-0.2, -0.15) is 11.8 Å². The molecular weight excluding hydrogens is 314 g/mol. The summed E-state index contributed by atoms with van der Waals surface area (Å²) in [6.45, 7) is 1.27. The molecule has 2 N–H and O–H groups in total. The normalized spacial score (nSPS) is 12.2. The minimum Gasteiger partial charge on any atom is -0.480 e. The van der Waals surface area contributed by atoms with Crippen molar-refractivity contribution in [2.45, 2.75) is 18.7 Å².